The first-order chi connectivity index (χ1) is 6.84. The second kappa shape index (κ2) is 4.80. The van der Waals surface area contributed by atoms with Gasteiger partial charge in [-0.2, -0.15) is 0 Å². The summed E-state index contributed by atoms with van der Waals surface area (Å²) in [4.78, 5) is 6.45. The molecule has 0 radical (unpaired) electrons. The topological polar surface area (TPSA) is 62.4 Å². The van der Waals surface area contributed by atoms with Gasteiger partial charge in [0.1, 0.15) is 10.6 Å². The maximum atomic E-state index is 9.84. The van der Waals surface area contributed by atoms with E-state index in [1.54, 1.807) is 13.8 Å². The Morgan fingerprint density at radius 1 is 1.53 bits per heavy atom. The van der Waals surface area contributed by atoms with Crippen LogP contribution in [0.5, 0.6) is 0 Å². The van der Waals surface area contributed by atoms with Gasteiger partial charge in [-0.3, -0.25) is 5.14 Å². The summed E-state index contributed by atoms with van der Waals surface area (Å²) >= 11 is 2.65. The Balaban J connectivity index is 3.00. The Morgan fingerprint density at radius 2 is 2.13 bits per heavy atom. The van der Waals surface area contributed by atoms with Gasteiger partial charge in [-0.05, 0) is 39.9 Å². The summed E-state index contributed by atoms with van der Waals surface area (Å²) in [6.45, 7) is 4.21. The maximum Gasteiger partial charge on any atom is 0.125 e. The van der Waals surface area contributed by atoms with E-state index in [9.17, 15) is 5.11 Å². The second-order valence-electron chi connectivity index (χ2n) is 4.17. The fraction of sp³-hybridized carbons (Fsp3) is 0.667. The third-order valence-electron chi connectivity index (χ3n) is 1.76. The fourth-order valence-electron chi connectivity index (χ4n) is 1.09. The van der Waals surface area contributed by atoms with Crippen LogP contribution in [0.1, 0.15) is 24.5 Å². The highest BCUT2D eigenvalue weighted by Crippen LogP contribution is 2.32. The Labute approximate surface area is 98.6 Å². The van der Waals surface area contributed by atoms with Crippen LogP contribution in [0, 0.1) is 0 Å². The van der Waals surface area contributed by atoms with E-state index in [0.717, 1.165) is 16.4 Å². The molecule has 0 amide bonds. The Morgan fingerprint density at radius 3 is 2.53 bits per heavy atom. The van der Waals surface area contributed by atoms with Gasteiger partial charge >= 0.3 is 0 Å². The number of nitrogens with zero attached hydrogens (tertiary/aromatic N) is 2. The normalized spacial score (nSPS) is 12.5. The van der Waals surface area contributed by atoms with Crippen molar-refractivity contribution >= 4 is 23.3 Å². The molecule has 0 bridgehead atoms. The molecule has 0 aliphatic rings. The van der Waals surface area contributed by atoms with Crippen molar-refractivity contribution in [2.75, 3.05) is 14.1 Å². The Bertz CT molecular complexity index is 331. The first kappa shape index (κ1) is 12.9. The molecule has 15 heavy (non-hydrogen) atoms. The van der Waals surface area contributed by atoms with Gasteiger partial charge in [-0.1, -0.05) is 0 Å². The minimum Gasteiger partial charge on any atom is -0.383 e. The smallest absolute Gasteiger partial charge is 0.125 e. The minimum atomic E-state index is -0.889. The van der Waals surface area contributed by atoms with Crippen LogP contribution >= 0.6 is 23.3 Å². The van der Waals surface area contributed by atoms with Crippen molar-refractivity contribution < 1.29 is 5.11 Å². The zero-order chi connectivity index (χ0) is 11.6. The largest absolute Gasteiger partial charge is 0.383 e. The van der Waals surface area contributed by atoms with E-state index in [4.69, 9.17) is 5.14 Å². The number of nitrogens with two attached hydrogens (primary N) is 1. The summed E-state index contributed by atoms with van der Waals surface area (Å²) in [5.41, 5.74) is 0.0503. The van der Waals surface area contributed by atoms with E-state index in [1.165, 1.54) is 23.3 Å². The molecule has 0 atom stereocenters. The average molecular weight is 247 g/mol. The third-order valence-corrected chi connectivity index (χ3v) is 3.95. The highest BCUT2D eigenvalue weighted by molar-refractivity contribution is 7.99. The first-order valence-electron chi connectivity index (χ1n) is 4.58. The third kappa shape index (κ3) is 3.42. The van der Waals surface area contributed by atoms with Gasteiger partial charge in [0.05, 0.1) is 9.90 Å². The number of hydrogen-bond acceptors (Lipinski definition) is 6. The van der Waals surface area contributed by atoms with Gasteiger partial charge in [0.25, 0.3) is 0 Å². The molecular formula is C9H17N3OS2. The summed E-state index contributed by atoms with van der Waals surface area (Å²) in [5.74, 6) is 0. The molecule has 86 valence electrons. The molecule has 0 aliphatic carbocycles. The van der Waals surface area contributed by atoms with Crippen LogP contribution in [0.4, 0.5) is 0 Å². The minimum absolute atomic E-state index is 0.715. The van der Waals surface area contributed by atoms with E-state index in [0.29, 0.717) is 5.01 Å². The van der Waals surface area contributed by atoms with E-state index in [1.807, 2.05) is 19.0 Å². The van der Waals surface area contributed by atoms with Crippen molar-refractivity contribution in [3.8, 4) is 0 Å². The van der Waals surface area contributed by atoms with Crippen LogP contribution in [0.3, 0.4) is 0 Å². The van der Waals surface area contributed by atoms with Crippen molar-refractivity contribution in [3.63, 3.8) is 0 Å². The number of thiazole rings is 1. The molecule has 0 aliphatic heterocycles. The van der Waals surface area contributed by atoms with Crippen molar-refractivity contribution in [1.82, 2.24) is 9.88 Å². The standard InChI is InChI=1S/C9H17N3OS2/c1-9(2,13)8-11-6(5-12(3)4)7(14-8)15-10/h13H,5,10H2,1-4H3. The SMILES string of the molecule is CN(C)Cc1nc(C(C)(C)O)sc1SN. The molecule has 1 aromatic heterocycles. The summed E-state index contributed by atoms with van der Waals surface area (Å²) in [5, 5.41) is 16.1. The van der Waals surface area contributed by atoms with Crippen LogP contribution in [0.15, 0.2) is 4.21 Å². The molecule has 0 saturated carbocycles. The van der Waals surface area contributed by atoms with Gasteiger partial charge in [-0.15, -0.1) is 11.3 Å². The van der Waals surface area contributed by atoms with Gasteiger partial charge in [0.2, 0.25) is 0 Å². The summed E-state index contributed by atoms with van der Waals surface area (Å²) in [7, 11) is 3.96. The second-order valence-corrected chi connectivity index (χ2v) is 6.07. The highest BCUT2D eigenvalue weighted by atomic mass is 32.2. The molecule has 1 rings (SSSR count). The lowest BCUT2D eigenvalue weighted by atomic mass is 10.1. The van der Waals surface area contributed by atoms with Crippen LogP contribution in [0.25, 0.3) is 0 Å². The number of hydrogen-bond donors (Lipinski definition) is 2. The van der Waals surface area contributed by atoms with Crippen LogP contribution in [-0.2, 0) is 12.1 Å². The molecule has 4 nitrogen and oxygen atoms in total. The predicted octanol–water partition coefficient (Wildman–Crippen LogP) is 1.40. The molecule has 0 aromatic carbocycles. The molecule has 3 N–H and O–H groups in total. The monoisotopic (exact) mass is 247 g/mol. The summed E-state index contributed by atoms with van der Waals surface area (Å²) in [6, 6.07) is 0. The van der Waals surface area contributed by atoms with Crippen molar-refractivity contribution in [3.05, 3.63) is 10.7 Å². The quantitative estimate of drug-likeness (QED) is 0.788. The first-order valence-corrected chi connectivity index (χ1v) is 6.28. The molecule has 0 fully saturated rings. The molecule has 0 spiro atoms. The predicted molar refractivity (Wildman–Crippen MR) is 64.8 cm³/mol. The summed E-state index contributed by atoms with van der Waals surface area (Å²) < 4.78 is 0.973. The highest BCUT2D eigenvalue weighted by Gasteiger charge is 2.23. The molecular weight excluding hydrogens is 230 g/mol. The average Bonchev–Trinajstić information content (AvgIpc) is 2.45. The molecule has 6 heteroatoms. The van der Waals surface area contributed by atoms with E-state index >= 15 is 0 Å². The van der Waals surface area contributed by atoms with E-state index in [-0.39, 0.29) is 0 Å². The molecule has 0 unspecified atom stereocenters. The molecule has 0 saturated heterocycles. The van der Waals surface area contributed by atoms with Crippen molar-refractivity contribution in [2.45, 2.75) is 30.2 Å². The lowest BCUT2D eigenvalue weighted by Gasteiger charge is -2.12. The van der Waals surface area contributed by atoms with Crippen LogP contribution < -0.4 is 5.14 Å². The van der Waals surface area contributed by atoms with Crippen molar-refractivity contribution in [1.29, 1.82) is 0 Å². The zero-order valence-corrected chi connectivity index (χ0v) is 11.1. The van der Waals surface area contributed by atoms with Gasteiger partial charge in [-0.25, -0.2) is 4.98 Å². The number of aliphatic hydroxyl groups is 1. The number of aromatic nitrogens is 1. The van der Waals surface area contributed by atoms with E-state index < -0.39 is 5.60 Å². The zero-order valence-electron chi connectivity index (χ0n) is 9.44. The summed E-state index contributed by atoms with van der Waals surface area (Å²) in [6.07, 6.45) is 0. The van der Waals surface area contributed by atoms with Gasteiger partial charge < -0.3 is 10.0 Å². The Hall–Kier alpha value is -0.140. The Kier molecular flexibility index (Phi) is 4.13. The van der Waals surface area contributed by atoms with E-state index in [2.05, 4.69) is 4.98 Å². The van der Waals surface area contributed by atoms with Crippen LogP contribution in [0.2, 0.25) is 0 Å². The maximum absolute atomic E-state index is 9.84. The molecule has 1 heterocycles. The fourth-order valence-corrected chi connectivity index (χ4v) is 2.58. The van der Waals surface area contributed by atoms with Crippen LogP contribution in [-0.4, -0.2) is 29.1 Å². The van der Waals surface area contributed by atoms with Gasteiger partial charge in [0.15, 0.2) is 0 Å². The van der Waals surface area contributed by atoms with Crippen molar-refractivity contribution in [2.24, 2.45) is 5.14 Å². The molecule has 1 aromatic rings. The van der Waals surface area contributed by atoms with Gasteiger partial charge in [0, 0.05) is 6.54 Å². The lowest BCUT2D eigenvalue weighted by Crippen LogP contribution is -2.16. The number of rotatable bonds is 4. The lowest BCUT2D eigenvalue weighted by molar-refractivity contribution is 0.0780.